The SMILES string of the molecule is CC(CO)CNC(C)c1cc(O)cc(O)c1. The van der Waals surface area contributed by atoms with Crippen molar-refractivity contribution in [3.05, 3.63) is 23.8 Å². The number of aliphatic hydroxyl groups excluding tert-OH is 1. The summed E-state index contributed by atoms with van der Waals surface area (Å²) in [5.41, 5.74) is 0.822. The van der Waals surface area contributed by atoms with E-state index in [9.17, 15) is 10.2 Å². The minimum Gasteiger partial charge on any atom is -0.508 e. The molecule has 0 aromatic heterocycles. The molecule has 0 spiro atoms. The number of rotatable bonds is 5. The second-order valence-corrected chi connectivity index (χ2v) is 4.20. The molecule has 90 valence electrons. The average molecular weight is 225 g/mol. The van der Waals surface area contributed by atoms with Crippen molar-refractivity contribution in [1.82, 2.24) is 5.32 Å². The van der Waals surface area contributed by atoms with E-state index in [1.807, 2.05) is 13.8 Å². The lowest BCUT2D eigenvalue weighted by Crippen LogP contribution is -2.26. The van der Waals surface area contributed by atoms with Crippen LogP contribution in [-0.2, 0) is 0 Å². The summed E-state index contributed by atoms with van der Waals surface area (Å²) in [6.07, 6.45) is 0. The number of phenols is 2. The molecule has 1 rings (SSSR count). The Hall–Kier alpha value is -1.26. The Bertz CT molecular complexity index is 321. The molecule has 0 aliphatic heterocycles. The van der Waals surface area contributed by atoms with Crippen molar-refractivity contribution in [1.29, 1.82) is 0 Å². The van der Waals surface area contributed by atoms with Gasteiger partial charge in [-0.3, -0.25) is 0 Å². The van der Waals surface area contributed by atoms with Gasteiger partial charge in [-0.05, 0) is 30.5 Å². The first kappa shape index (κ1) is 12.8. The Morgan fingerprint density at radius 3 is 2.19 bits per heavy atom. The Balaban J connectivity index is 2.62. The monoisotopic (exact) mass is 225 g/mol. The maximum absolute atomic E-state index is 9.34. The van der Waals surface area contributed by atoms with Gasteiger partial charge in [0, 0.05) is 25.3 Å². The highest BCUT2D eigenvalue weighted by molar-refractivity contribution is 5.37. The fraction of sp³-hybridized carbons (Fsp3) is 0.500. The van der Waals surface area contributed by atoms with Crippen LogP contribution in [0.4, 0.5) is 0 Å². The topological polar surface area (TPSA) is 72.7 Å². The van der Waals surface area contributed by atoms with Crippen LogP contribution >= 0.6 is 0 Å². The average Bonchev–Trinajstić information content (AvgIpc) is 2.23. The van der Waals surface area contributed by atoms with Gasteiger partial charge in [0.25, 0.3) is 0 Å². The number of phenolic OH excluding ortho intramolecular Hbond substituents is 2. The van der Waals surface area contributed by atoms with Crippen LogP contribution < -0.4 is 5.32 Å². The first-order valence-electron chi connectivity index (χ1n) is 5.40. The lowest BCUT2D eigenvalue weighted by atomic mass is 10.1. The molecule has 4 nitrogen and oxygen atoms in total. The van der Waals surface area contributed by atoms with Gasteiger partial charge in [0.1, 0.15) is 11.5 Å². The Kier molecular flexibility index (Phi) is 4.58. The van der Waals surface area contributed by atoms with Gasteiger partial charge < -0.3 is 20.6 Å². The van der Waals surface area contributed by atoms with Gasteiger partial charge in [-0.1, -0.05) is 6.92 Å². The molecular weight excluding hydrogens is 206 g/mol. The van der Waals surface area contributed by atoms with Crippen molar-refractivity contribution in [3.8, 4) is 11.5 Å². The molecule has 1 aromatic rings. The summed E-state index contributed by atoms with van der Waals surface area (Å²) in [5, 5.41) is 30.8. The van der Waals surface area contributed by atoms with Crippen LogP contribution in [-0.4, -0.2) is 28.5 Å². The first-order chi connectivity index (χ1) is 7.52. The van der Waals surface area contributed by atoms with Gasteiger partial charge in [-0.15, -0.1) is 0 Å². The molecule has 0 bridgehead atoms. The fourth-order valence-electron chi connectivity index (χ4n) is 1.43. The van der Waals surface area contributed by atoms with Crippen molar-refractivity contribution in [2.24, 2.45) is 5.92 Å². The molecule has 0 saturated carbocycles. The van der Waals surface area contributed by atoms with Gasteiger partial charge in [-0.2, -0.15) is 0 Å². The van der Waals surface area contributed by atoms with E-state index in [0.29, 0.717) is 6.54 Å². The number of nitrogens with one attached hydrogen (secondary N) is 1. The molecule has 0 amide bonds. The number of hydrogen-bond donors (Lipinski definition) is 4. The second kappa shape index (κ2) is 5.72. The molecule has 2 atom stereocenters. The molecule has 0 aliphatic carbocycles. The third kappa shape index (κ3) is 3.72. The van der Waals surface area contributed by atoms with E-state index in [4.69, 9.17) is 5.11 Å². The van der Waals surface area contributed by atoms with Gasteiger partial charge in [-0.25, -0.2) is 0 Å². The maximum Gasteiger partial charge on any atom is 0.119 e. The van der Waals surface area contributed by atoms with Crippen molar-refractivity contribution >= 4 is 0 Å². The van der Waals surface area contributed by atoms with E-state index in [-0.39, 0.29) is 30.1 Å². The van der Waals surface area contributed by atoms with Gasteiger partial charge in [0.15, 0.2) is 0 Å². The van der Waals surface area contributed by atoms with Crippen LogP contribution in [0.2, 0.25) is 0 Å². The van der Waals surface area contributed by atoms with Crippen LogP contribution in [0.15, 0.2) is 18.2 Å². The molecule has 4 N–H and O–H groups in total. The molecular formula is C12H19NO3. The number of aromatic hydroxyl groups is 2. The second-order valence-electron chi connectivity index (χ2n) is 4.20. The molecule has 0 aliphatic rings. The van der Waals surface area contributed by atoms with Crippen LogP contribution in [0.1, 0.15) is 25.5 Å². The zero-order valence-corrected chi connectivity index (χ0v) is 9.64. The largest absolute Gasteiger partial charge is 0.508 e. The summed E-state index contributed by atoms with van der Waals surface area (Å²) in [6.45, 7) is 4.72. The highest BCUT2D eigenvalue weighted by Gasteiger charge is 2.09. The number of hydrogen-bond acceptors (Lipinski definition) is 4. The van der Waals surface area contributed by atoms with E-state index in [2.05, 4.69) is 5.32 Å². The van der Waals surface area contributed by atoms with Crippen molar-refractivity contribution < 1.29 is 15.3 Å². The molecule has 1 aromatic carbocycles. The van der Waals surface area contributed by atoms with Crippen LogP contribution in [0.25, 0.3) is 0 Å². The summed E-state index contributed by atoms with van der Waals surface area (Å²) in [5.74, 6) is 0.297. The van der Waals surface area contributed by atoms with Gasteiger partial charge in [0.05, 0.1) is 0 Å². The maximum atomic E-state index is 9.34. The van der Waals surface area contributed by atoms with E-state index < -0.39 is 0 Å². The van der Waals surface area contributed by atoms with Crippen LogP contribution in [0.5, 0.6) is 11.5 Å². The van der Waals surface area contributed by atoms with E-state index in [0.717, 1.165) is 5.56 Å². The molecule has 0 fully saturated rings. The third-order valence-electron chi connectivity index (χ3n) is 2.51. The fourth-order valence-corrected chi connectivity index (χ4v) is 1.43. The minimum atomic E-state index is 0.0204. The zero-order chi connectivity index (χ0) is 12.1. The summed E-state index contributed by atoms with van der Waals surface area (Å²) in [6, 6.07) is 4.54. The van der Waals surface area contributed by atoms with Crippen molar-refractivity contribution in [2.45, 2.75) is 19.9 Å². The summed E-state index contributed by atoms with van der Waals surface area (Å²) < 4.78 is 0. The summed E-state index contributed by atoms with van der Waals surface area (Å²) in [7, 11) is 0. The molecule has 16 heavy (non-hydrogen) atoms. The van der Waals surface area contributed by atoms with Gasteiger partial charge in [0.2, 0.25) is 0 Å². The minimum absolute atomic E-state index is 0.0204. The molecule has 0 saturated heterocycles. The van der Waals surface area contributed by atoms with Crippen molar-refractivity contribution in [3.63, 3.8) is 0 Å². The predicted octanol–water partition coefficient (Wildman–Crippen LogP) is 1.38. The number of benzene rings is 1. The molecule has 0 heterocycles. The van der Waals surface area contributed by atoms with Gasteiger partial charge >= 0.3 is 0 Å². The Labute approximate surface area is 95.6 Å². The lowest BCUT2D eigenvalue weighted by Gasteiger charge is -2.17. The molecule has 2 unspecified atom stereocenters. The summed E-state index contributed by atoms with van der Waals surface area (Å²) >= 11 is 0. The zero-order valence-electron chi connectivity index (χ0n) is 9.64. The van der Waals surface area contributed by atoms with Crippen molar-refractivity contribution in [2.75, 3.05) is 13.2 Å². The molecule has 4 heteroatoms. The van der Waals surface area contributed by atoms with Crippen LogP contribution in [0.3, 0.4) is 0 Å². The highest BCUT2D eigenvalue weighted by atomic mass is 16.3. The normalized spacial score (nSPS) is 14.7. The van der Waals surface area contributed by atoms with E-state index in [1.54, 1.807) is 12.1 Å². The third-order valence-corrected chi connectivity index (χ3v) is 2.51. The first-order valence-corrected chi connectivity index (χ1v) is 5.40. The predicted molar refractivity (Wildman–Crippen MR) is 62.4 cm³/mol. The van der Waals surface area contributed by atoms with E-state index >= 15 is 0 Å². The summed E-state index contributed by atoms with van der Waals surface area (Å²) in [4.78, 5) is 0. The number of aliphatic hydroxyl groups is 1. The Morgan fingerprint density at radius 1 is 1.12 bits per heavy atom. The molecule has 0 radical (unpaired) electrons. The standard InChI is InChI=1S/C12H19NO3/c1-8(7-14)6-13-9(2)10-3-11(15)5-12(16)4-10/h3-5,8-9,13-16H,6-7H2,1-2H3. The smallest absolute Gasteiger partial charge is 0.119 e. The highest BCUT2D eigenvalue weighted by Crippen LogP contribution is 2.24. The lowest BCUT2D eigenvalue weighted by molar-refractivity contribution is 0.231. The quantitative estimate of drug-likeness (QED) is 0.611. The van der Waals surface area contributed by atoms with E-state index in [1.165, 1.54) is 6.07 Å². The van der Waals surface area contributed by atoms with Crippen LogP contribution in [0, 0.1) is 5.92 Å². The Morgan fingerprint density at radius 2 is 1.69 bits per heavy atom.